The number of hydrogen-bond acceptors (Lipinski definition) is 4. The zero-order chi connectivity index (χ0) is 16.1. The van der Waals surface area contributed by atoms with E-state index >= 15 is 0 Å². The predicted octanol–water partition coefficient (Wildman–Crippen LogP) is 2.53. The van der Waals surface area contributed by atoms with Crippen molar-refractivity contribution in [3.63, 3.8) is 0 Å². The maximum atomic E-state index is 11.7. The number of carbonyl (C=O) groups excluding carboxylic acids is 1. The molecule has 1 aromatic carbocycles. The van der Waals surface area contributed by atoms with Crippen molar-refractivity contribution in [1.82, 2.24) is 15.3 Å². The maximum absolute atomic E-state index is 11.7. The van der Waals surface area contributed by atoms with Crippen LogP contribution in [0.4, 0.5) is 0 Å². The molecule has 3 rings (SSSR count). The van der Waals surface area contributed by atoms with Gasteiger partial charge in [-0.3, -0.25) is 4.79 Å². The first-order valence-corrected chi connectivity index (χ1v) is 7.71. The van der Waals surface area contributed by atoms with Crippen LogP contribution < -0.4 is 10.1 Å². The summed E-state index contributed by atoms with van der Waals surface area (Å²) in [5, 5.41) is 2.91. The third kappa shape index (κ3) is 3.56. The number of nitrogens with zero attached hydrogens (tertiary/aromatic N) is 2. The lowest BCUT2D eigenvalue weighted by Crippen LogP contribution is -2.34. The van der Waals surface area contributed by atoms with Crippen molar-refractivity contribution in [2.45, 2.75) is 25.4 Å². The van der Waals surface area contributed by atoms with Crippen LogP contribution in [0.25, 0.3) is 11.4 Å². The van der Waals surface area contributed by atoms with E-state index in [1.165, 1.54) is 0 Å². The first-order chi connectivity index (χ1) is 11.3. The number of allylic oxidation sites excluding steroid dienone is 1. The summed E-state index contributed by atoms with van der Waals surface area (Å²) in [4.78, 5) is 20.3. The average molecular weight is 309 g/mol. The van der Waals surface area contributed by atoms with Crippen LogP contribution in [0, 0.1) is 0 Å². The number of fused-ring (bicyclic) bond motifs is 1. The highest BCUT2D eigenvalue weighted by Crippen LogP contribution is 2.37. The molecule has 0 saturated heterocycles. The molecular weight excluding hydrogens is 290 g/mol. The standard InChI is InChI=1S/C18H19N3O2/c1-2-3-8-16(22)21-12-14-11-13-6-4-7-15(17(13)23-14)18-19-9-5-10-20-18/h2,4-7,9-10,14H,1,3,8,11-12H2,(H,21,22)/t14-/m0/s1. The molecule has 0 saturated carbocycles. The Balaban J connectivity index is 1.67. The van der Waals surface area contributed by atoms with Gasteiger partial charge in [0.05, 0.1) is 12.1 Å². The number of nitrogens with one attached hydrogen (secondary N) is 1. The molecule has 2 heterocycles. The van der Waals surface area contributed by atoms with E-state index in [0.29, 0.717) is 25.2 Å². The minimum absolute atomic E-state index is 0.0241. The molecular formula is C18H19N3O2. The molecule has 0 radical (unpaired) electrons. The molecule has 1 aliphatic heterocycles. The molecule has 0 spiro atoms. The second-order valence-corrected chi connectivity index (χ2v) is 5.44. The van der Waals surface area contributed by atoms with Crippen molar-refractivity contribution in [1.29, 1.82) is 0 Å². The van der Waals surface area contributed by atoms with Crippen molar-refractivity contribution in [3.8, 4) is 17.1 Å². The predicted molar refractivity (Wildman–Crippen MR) is 88.0 cm³/mol. The van der Waals surface area contributed by atoms with Crippen LogP contribution in [-0.4, -0.2) is 28.5 Å². The normalized spacial score (nSPS) is 15.6. The van der Waals surface area contributed by atoms with Gasteiger partial charge in [-0.1, -0.05) is 18.2 Å². The molecule has 1 aromatic heterocycles. The van der Waals surface area contributed by atoms with E-state index in [2.05, 4.69) is 21.9 Å². The fourth-order valence-electron chi connectivity index (χ4n) is 2.62. The lowest BCUT2D eigenvalue weighted by molar-refractivity contribution is -0.121. The average Bonchev–Trinajstić information content (AvgIpc) is 3.02. The summed E-state index contributed by atoms with van der Waals surface area (Å²) in [6, 6.07) is 7.77. The van der Waals surface area contributed by atoms with Gasteiger partial charge in [0, 0.05) is 25.2 Å². The monoisotopic (exact) mass is 309 g/mol. The van der Waals surface area contributed by atoms with Gasteiger partial charge in [0.15, 0.2) is 5.82 Å². The molecule has 1 N–H and O–H groups in total. The lowest BCUT2D eigenvalue weighted by atomic mass is 10.1. The van der Waals surface area contributed by atoms with Crippen LogP contribution in [0.3, 0.4) is 0 Å². The van der Waals surface area contributed by atoms with Gasteiger partial charge in [0.25, 0.3) is 0 Å². The van der Waals surface area contributed by atoms with Crippen LogP contribution in [0.2, 0.25) is 0 Å². The number of rotatable bonds is 6. The zero-order valence-electron chi connectivity index (χ0n) is 12.9. The zero-order valence-corrected chi connectivity index (χ0v) is 12.9. The number of hydrogen-bond donors (Lipinski definition) is 1. The summed E-state index contributed by atoms with van der Waals surface area (Å²) >= 11 is 0. The number of para-hydroxylation sites is 1. The largest absolute Gasteiger partial charge is 0.487 e. The van der Waals surface area contributed by atoms with Gasteiger partial charge in [-0.25, -0.2) is 9.97 Å². The molecule has 0 fully saturated rings. The molecule has 118 valence electrons. The third-order valence-corrected chi connectivity index (χ3v) is 3.74. The second-order valence-electron chi connectivity index (χ2n) is 5.44. The number of aromatic nitrogens is 2. The van der Waals surface area contributed by atoms with Crippen molar-refractivity contribution in [2.75, 3.05) is 6.54 Å². The summed E-state index contributed by atoms with van der Waals surface area (Å²) in [6.45, 7) is 4.12. The van der Waals surface area contributed by atoms with Crippen LogP contribution in [0.5, 0.6) is 5.75 Å². The number of benzene rings is 1. The quantitative estimate of drug-likeness (QED) is 0.833. The van der Waals surface area contributed by atoms with E-state index in [-0.39, 0.29) is 12.0 Å². The van der Waals surface area contributed by atoms with Crippen molar-refractivity contribution in [2.24, 2.45) is 0 Å². The van der Waals surface area contributed by atoms with Crippen molar-refractivity contribution >= 4 is 5.91 Å². The summed E-state index contributed by atoms with van der Waals surface area (Å²) in [7, 11) is 0. The molecule has 0 aliphatic carbocycles. The van der Waals surface area contributed by atoms with Gasteiger partial charge in [-0.15, -0.1) is 6.58 Å². The summed E-state index contributed by atoms with van der Waals surface area (Å²) in [5.41, 5.74) is 2.02. The number of ether oxygens (including phenoxy) is 1. The minimum atomic E-state index is -0.0532. The van der Waals surface area contributed by atoms with Crippen LogP contribution in [-0.2, 0) is 11.2 Å². The molecule has 1 amide bonds. The summed E-state index contributed by atoms with van der Waals surface area (Å²) in [5.74, 6) is 1.50. The van der Waals surface area contributed by atoms with E-state index in [4.69, 9.17) is 4.74 Å². The molecule has 2 aromatic rings. The molecule has 1 atom stereocenters. The van der Waals surface area contributed by atoms with Gasteiger partial charge >= 0.3 is 0 Å². The summed E-state index contributed by atoms with van der Waals surface area (Å²) < 4.78 is 6.03. The Kier molecular flexibility index (Phi) is 4.66. The molecule has 1 aliphatic rings. The van der Waals surface area contributed by atoms with Gasteiger partial charge in [0.2, 0.25) is 5.91 Å². The topological polar surface area (TPSA) is 64.1 Å². The smallest absolute Gasteiger partial charge is 0.220 e. The van der Waals surface area contributed by atoms with Gasteiger partial charge in [-0.05, 0) is 24.1 Å². The maximum Gasteiger partial charge on any atom is 0.220 e. The minimum Gasteiger partial charge on any atom is -0.487 e. The Hall–Kier alpha value is -2.69. The van der Waals surface area contributed by atoms with E-state index in [0.717, 1.165) is 23.3 Å². The Bertz CT molecular complexity index is 701. The highest BCUT2D eigenvalue weighted by atomic mass is 16.5. The first kappa shape index (κ1) is 15.2. The van der Waals surface area contributed by atoms with Gasteiger partial charge in [0.1, 0.15) is 11.9 Å². The van der Waals surface area contributed by atoms with E-state index in [1.54, 1.807) is 24.5 Å². The van der Waals surface area contributed by atoms with Crippen LogP contribution in [0.15, 0.2) is 49.3 Å². The molecule has 5 heteroatoms. The Morgan fingerprint density at radius 3 is 2.96 bits per heavy atom. The first-order valence-electron chi connectivity index (χ1n) is 7.71. The Morgan fingerprint density at radius 1 is 1.35 bits per heavy atom. The Morgan fingerprint density at radius 2 is 2.17 bits per heavy atom. The summed E-state index contributed by atoms with van der Waals surface area (Å²) in [6.07, 6.45) is 7.05. The molecule has 0 bridgehead atoms. The van der Waals surface area contributed by atoms with E-state index < -0.39 is 0 Å². The fraction of sp³-hybridized carbons (Fsp3) is 0.278. The number of amides is 1. The van der Waals surface area contributed by atoms with Gasteiger partial charge in [-0.2, -0.15) is 0 Å². The third-order valence-electron chi connectivity index (χ3n) is 3.74. The van der Waals surface area contributed by atoms with E-state index in [9.17, 15) is 4.79 Å². The van der Waals surface area contributed by atoms with Crippen molar-refractivity contribution in [3.05, 3.63) is 54.9 Å². The second kappa shape index (κ2) is 7.05. The number of carbonyl (C=O) groups is 1. The van der Waals surface area contributed by atoms with Gasteiger partial charge < -0.3 is 10.1 Å². The fourth-order valence-corrected chi connectivity index (χ4v) is 2.62. The highest BCUT2D eigenvalue weighted by molar-refractivity contribution is 5.76. The SMILES string of the molecule is C=CCCC(=O)NC[C@@H]1Cc2cccc(-c3ncccn3)c2O1. The molecule has 0 unspecified atom stereocenters. The van der Waals surface area contributed by atoms with Crippen LogP contribution in [0.1, 0.15) is 18.4 Å². The Labute approximate surface area is 135 Å². The molecule has 5 nitrogen and oxygen atoms in total. The van der Waals surface area contributed by atoms with E-state index in [1.807, 2.05) is 18.2 Å². The van der Waals surface area contributed by atoms with Crippen LogP contribution >= 0.6 is 0 Å². The highest BCUT2D eigenvalue weighted by Gasteiger charge is 2.26. The lowest BCUT2D eigenvalue weighted by Gasteiger charge is -2.13. The van der Waals surface area contributed by atoms with Crippen molar-refractivity contribution < 1.29 is 9.53 Å². The molecule has 23 heavy (non-hydrogen) atoms.